The van der Waals surface area contributed by atoms with Gasteiger partial charge in [-0.1, -0.05) is 6.07 Å². The summed E-state index contributed by atoms with van der Waals surface area (Å²) in [4.78, 5) is 17.5. The molecule has 36 heavy (non-hydrogen) atoms. The molecule has 0 spiro atoms. The highest BCUT2D eigenvalue weighted by Crippen LogP contribution is 2.35. The predicted molar refractivity (Wildman–Crippen MR) is 127 cm³/mol. The summed E-state index contributed by atoms with van der Waals surface area (Å²) in [5.74, 6) is -0.815. The Morgan fingerprint density at radius 3 is 2.61 bits per heavy atom. The van der Waals surface area contributed by atoms with Gasteiger partial charge in [0.25, 0.3) is 5.88 Å². The van der Waals surface area contributed by atoms with Crippen LogP contribution in [0.4, 0.5) is 20.4 Å². The fourth-order valence-corrected chi connectivity index (χ4v) is 3.95. The van der Waals surface area contributed by atoms with E-state index >= 15 is 4.39 Å². The van der Waals surface area contributed by atoms with Gasteiger partial charge in [0.15, 0.2) is 29.0 Å². The minimum Gasteiger partial charge on any atom is -0.493 e. The number of nitrogens with two attached hydrogens (primary N) is 1. The van der Waals surface area contributed by atoms with Crippen LogP contribution in [-0.2, 0) is 6.54 Å². The van der Waals surface area contributed by atoms with Crippen LogP contribution in [0.3, 0.4) is 0 Å². The third kappa shape index (κ3) is 5.54. The average molecular weight is 500 g/mol. The molecule has 1 aromatic carbocycles. The Morgan fingerprint density at radius 2 is 1.89 bits per heavy atom. The Labute approximate surface area is 206 Å². The van der Waals surface area contributed by atoms with Gasteiger partial charge < -0.3 is 30.2 Å². The first-order valence-corrected chi connectivity index (χ1v) is 11.8. The van der Waals surface area contributed by atoms with Crippen molar-refractivity contribution in [2.75, 3.05) is 30.8 Å². The van der Waals surface area contributed by atoms with E-state index < -0.39 is 11.6 Å². The molecule has 0 radical (unpaired) electrons. The second kappa shape index (κ2) is 10.4. The zero-order chi connectivity index (χ0) is 25.1. The second-order valence-electron chi connectivity index (χ2n) is 8.75. The summed E-state index contributed by atoms with van der Waals surface area (Å²) in [6.45, 7) is 1.68. The van der Waals surface area contributed by atoms with Crippen molar-refractivity contribution in [3.05, 3.63) is 47.9 Å². The van der Waals surface area contributed by atoms with E-state index in [9.17, 15) is 4.39 Å². The van der Waals surface area contributed by atoms with Crippen molar-refractivity contribution in [3.8, 4) is 23.4 Å². The lowest BCUT2D eigenvalue weighted by molar-refractivity contribution is 0.156. The number of methoxy groups -OCH3 is 1. The van der Waals surface area contributed by atoms with E-state index in [1.807, 2.05) is 12.1 Å². The molecule has 2 fully saturated rings. The molecule has 0 amide bonds. The van der Waals surface area contributed by atoms with Gasteiger partial charge >= 0.3 is 6.01 Å². The molecule has 5 rings (SSSR count). The number of ether oxygens (including phenoxy) is 3. The van der Waals surface area contributed by atoms with Crippen LogP contribution in [0.2, 0.25) is 0 Å². The van der Waals surface area contributed by atoms with E-state index in [2.05, 4.69) is 25.3 Å². The molecule has 10 nitrogen and oxygen atoms in total. The van der Waals surface area contributed by atoms with Gasteiger partial charge in [-0.05, 0) is 30.5 Å². The number of rotatable bonds is 9. The van der Waals surface area contributed by atoms with Crippen LogP contribution in [0.15, 0.2) is 30.7 Å². The molecule has 3 heterocycles. The number of benzene rings is 1. The largest absolute Gasteiger partial charge is 0.493 e. The maximum atomic E-state index is 15.4. The van der Waals surface area contributed by atoms with Gasteiger partial charge in [0.05, 0.1) is 13.3 Å². The first kappa shape index (κ1) is 23.9. The molecule has 3 N–H and O–H groups in total. The van der Waals surface area contributed by atoms with Crippen LogP contribution in [0, 0.1) is 11.6 Å². The zero-order valence-corrected chi connectivity index (χ0v) is 19.8. The molecule has 1 aliphatic carbocycles. The lowest BCUT2D eigenvalue weighted by atomic mass is 10.1. The molecule has 0 atom stereocenters. The van der Waals surface area contributed by atoms with Gasteiger partial charge in [-0.2, -0.15) is 14.4 Å². The minimum absolute atomic E-state index is 0.0135. The summed E-state index contributed by atoms with van der Waals surface area (Å²) < 4.78 is 45.6. The summed E-state index contributed by atoms with van der Waals surface area (Å²) in [5.41, 5.74) is 6.52. The molecule has 12 heteroatoms. The van der Waals surface area contributed by atoms with Crippen molar-refractivity contribution in [1.29, 1.82) is 0 Å². The summed E-state index contributed by atoms with van der Waals surface area (Å²) in [6, 6.07) is 6.13. The van der Waals surface area contributed by atoms with Crippen LogP contribution in [0.25, 0.3) is 0 Å². The van der Waals surface area contributed by atoms with Crippen molar-refractivity contribution in [3.63, 3.8) is 0 Å². The molecule has 2 aliphatic rings. The normalized spacial score (nSPS) is 16.1. The van der Waals surface area contributed by atoms with Gasteiger partial charge in [-0.3, -0.25) is 0 Å². The van der Waals surface area contributed by atoms with Gasteiger partial charge in [0, 0.05) is 38.5 Å². The first-order valence-electron chi connectivity index (χ1n) is 11.8. The average Bonchev–Trinajstić information content (AvgIpc) is 3.72. The Morgan fingerprint density at radius 1 is 1.08 bits per heavy atom. The van der Waals surface area contributed by atoms with Gasteiger partial charge in [0.1, 0.15) is 12.4 Å². The molecule has 1 aliphatic heterocycles. The highest BCUT2D eigenvalue weighted by atomic mass is 19.1. The topological polar surface area (TPSA) is 121 Å². The standard InChI is InChI=1S/C24H27F2N7O3/c1-34-19-10-14(11-28-15-3-4-15)2-5-18(19)36-23-20(26)22(30-13-31-23)33-8-6-16(7-9-33)35-24-29-12-17(25)21(27)32-24/h2,5,10,12-13,15-16,28H,3-4,6-9,11H2,1H3,(H2,27,29,32). The zero-order valence-electron chi connectivity index (χ0n) is 19.8. The lowest BCUT2D eigenvalue weighted by Crippen LogP contribution is -2.39. The van der Waals surface area contributed by atoms with Crippen molar-refractivity contribution in [1.82, 2.24) is 25.3 Å². The van der Waals surface area contributed by atoms with E-state index in [1.54, 1.807) is 18.1 Å². The molecular weight excluding hydrogens is 472 g/mol. The molecule has 0 bridgehead atoms. The van der Waals surface area contributed by atoms with Crippen molar-refractivity contribution >= 4 is 11.6 Å². The monoisotopic (exact) mass is 499 g/mol. The summed E-state index contributed by atoms with van der Waals surface area (Å²) in [7, 11) is 1.54. The number of hydrogen-bond donors (Lipinski definition) is 2. The predicted octanol–water partition coefficient (Wildman–Crippen LogP) is 3.23. The van der Waals surface area contributed by atoms with E-state index in [4.69, 9.17) is 19.9 Å². The summed E-state index contributed by atoms with van der Waals surface area (Å²) in [5, 5.41) is 3.45. The van der Waals surface area contributed by atoms with E-state index in [-0.39, 0.29) is 29.6 Å². The van der Waals surface area contributed by atoms with E-state index in [0.717, 1.165) is 18.3 Å². The number of nitrogens with zero attached hydrogens (tertiary/aromatic N) is 5. The number of piperidine rings is 1. The quantitative estimate of drug-likeness (QED) is 0.454. The third-order valence-electron chi connectivity index (χ3n) is 6.11. The molecule has 1 saturated heterocycles. The van der Waals surface area contributed by atoms with Crippen molar-refractivity contribution < 1.29 is 23.0 Å². The smallest absolute Gasteiger partial charge is 0.318 e. The Kier molecular flexibility index (Phi) is 6.94. The Hall–Kier alpha value is -3.80. The number of anilines is 2. The highest BCUT2D eigenvalue weighted by Gasteiger charge is 2.27. The van der Waals surface area contributed by atoms with Crippen LogP contribution in [0.5, 0.6) is 23.4 Å². The van der Waals surface area contributed by atoms with Gasteiger partial charge in [0.2, 0.25) is 5.82 Å². The second-order valence-corrected chi connectivity index (χ2v) is 8.75. The molecule has 2 aromatic heterocycles. The van der Waals surface area contributed by atoms with E-state index in [1.165, 1.54) is 19.2 Å². The molecule has 0 unspecified atom stereocenters. The van der Waals surface area contributed by atoms with E-state index in [0.29, 0.717) is 43.5 Å². The number of nitrogen functional groups attached to an aromatic ring is 1. The fourth-order valence-electron chi connectivity index (χ4n) is 3.95. The maximum Gasteiger partial charge on any atom is 0.318 e. The SMILES string of the molecule is COc1cc(CNC2CC2)ccc1Oc1ncnc(N2CCC(Oc3ncc(F)c(N)n3)CC2)c1F. The minimum atomic E-state index is -0.700. The number of halogens is 2. The molecule has 190 valence electrons. The van der Waals surface area contributed by atoms with Crippen LogP contribution >= 0.6 is 0 Å². The summed E-state index contributed by atoms with van der Waals surface area (Å²) >= 11 is 0. The van der Waals surface area contributed by atoms with Gasteiger partial charge in [-0.15, -0.1) is 0 Å². The third-order valence-corrected chi connectivity index (χ3v) is 6.11. The number of hydrogen-bond acceptors (Lipinski definition) is 10. The fraction of sp³-hybridized carbons (Fsp3) is 0.417. The van der Waals surface area contributed by atoms with Crippen LogP contribution < -0.4 is 30.2 Å². The highest BCUT2D eigenvalue weighted by molar-refractivity contribution is 5.48. The maximum absolute atomic E-state index is 15.4. The first-order chi connectivity index (χ1) is 17.5. The van der Waals surface area contributed by atoms with Crippen LogP contribution in [0.1, 0.15) is 31.2 Å². The molecular formula is C24H27F2N7O3. The van der Waals surface area contributed by atoms with Crippen molar-refractivity contribution in [2.24, 2.45) is 0 Å². The van der Waals surface area contributed by atoms with Crippen molar-refractivity contribution in [2.45, 2.75) is 44.4 Å². The van der Waals surface area contributed by atoms with Crippen LogP contribution in [-0.4, -0.2) is 52.3 Å². The Bertz CT molecular complexity index is 1220. The number of aromatic nitrogens is 4. The lowest BCUT2D eigenvalue weighted by Gasteiger charge is -2.32. The molecule has 3 aromatic rings. The van der Waals surface area contributed by atoms with Gasteiger partial charge in [-0.25, -0.2) is 14.4 Å². The number of nitrogens with one attached hydrogen (secondary N) is 1. The Balaban J connectivity index is 1.23. The molecule has 1 saturated carbocycles. The summed E-state index contributed by atoms with van der Waals surface area (Å²) in [6.07, 6.45) is 5.55.